The van der Waals surface area contributed by atoms with Gasteiger partial charge in [-0.3, -0.25) is 4.90 Å². The average molecular weight is 419 g/mol. The number of hydrogen-bond donors (Lipinski definition) is 1. The molecule has 1 heterocycles. The van der Waals surface area contributed by atoms with Crippen molar-refractivity contribution in [1.82, 2.24) is 9.80 Å². The molecular weight excluding hydrogens is 395 g/mol. The summed E-state index contributed by atoms with van der Waals surface area (Å²) in [6, 6.07) is 13.0. The summed E-state index contributed by atoms with van der Waals surface area (Å²) < 4.78 is 19.0. The zero-order valence-corrected chi connectivity index (χ0v) is 17.0. The van der Waals surface area contributed by atoms with Gasteiger partial charge in [-0.2, -0.15) is 0 Å². The number of rotatable bonds is 7. The minimum Gasteiger partial charge on any atom is -0.473 e. The predicted octanol–water partition coefficient (Wildman–Crippen LogP) is 3.49. The maximum Gasteiger partial charge on any atom is 0.161 e. The van der Waals surface area contributed by atoms with E-state index in [0.29, 0.717) is 42.5 Å². The minimum absolute atomic E-state index is 0.201. The van der Waals surface area contributed by atoms with Crippen LogP contribution in [0.2, 0.25) is 5.02 Å². The van der Waals surface area contributed by atoms with Gasteiger partial charge in [0.1, 0.15) is 23.2 Å². The van der Waals surface area contributed by atoms with E-state index in [1.165, 1.54) is 12.1 Å². The van der Waals surface area contributed by atoms with Gasteiger partial charge in [0, 0.05) is 24.7 Å². The Morgan fingerprint density at radius 2 is 1.90 bits per heavy atom. The molecule has 3 rings (SSSR count). The van der Waals surface area contributed by atoms with E-state index in [1.54, 1.807) is 43.3 Å². The molecule has 7 heteroatoms. The molecule has 0 aliphatic carbocycles. The molecule has 0 radical (unpaired) electrons. The van der Waals surface area contributed by atoms with E-state index < -0.39 is 6.10 Å². The molecular formula is C22H24ClFN2O3. The minimum atomic E-state index is -0.587. The number of aliphatic hydroxyl groups excluding tert-OH is 1. The highest BCUT2D eigenvalue weighted by Gasteiger charge is 2.33. The first kappa shape index (κ1) is 21.3. The lowest BCUT2D eigenvalue weighted by Crippen LogP contribution is -2.52. The number of nitrogens with zero attached hydrogens (tertiary/aromatic N) is 2. The lowest BCUT2D eigenvalue weighted by Gasteiger charge is -2.43. The van der Waals surface area contributed by atoms with E-state index in [2.05, 4.69) is 10.8 Å². The van der Waals surface area contributed by atoms with Crippen LogP contribution in [0.4, 0.5) is 4.39 Å². The van der Waals surface area contributed by atoms with Crippen LogP contribution in [0.1, 0.15) is 18.9 Å². The Hall–Kier alpha value is -2.37. The first-order valence-electron chi connectivity index (χ1n) is 9.51. The Morgan fingerprint density at radius 3 is 2.52 bits per heavy atom. The number of benzene rings is 2. The Labute approximate surface area is 175 Å². The van der Waals surface area contributed by atoms with Crippen molar-refractivity contribution in [2.75, 3.05) is 19.8 Å². The van der Waals surface area contributed by atoms with E-state index in [0.717, 1.165) is 5.56 Å². The molecule has 0 bridgehead atoms. The summed E-state index contributed by atoms with van der Waals surface area (Å²) >= 11 is 5.89. The molecule has 2 unspecified atom stereocenters. The van der Waals surface area contributed by atoms with E-state index in [9.17, 15) is 14.3 Å². The van der Waals surface area contributed by atoms with Crippen LogP contribution in [-0.2, 0) is 11.3 Å². The summed E-state index contributed by atoms with van der Waals surface area (Å²) in [7, 11) is 0. The third kappa shape index (κ3) is 5.81. The van der Waals surface area contributed by atoms with Gasteiger partial charge in [0.2, 0.25) is 0 Å². The lowest BCUT2D eigenvalue weighted by atomic mass is 10.0. The number of ether oxygens (including phenoxy) is 1. The normalized spacial score (nSPS) is 18.4. The Bertz CT molecular complexity index is 851. The summed E-state index contributed by atoms with van der Waals surface area (Å²) in [4.78, 5) is 15.8. The van der Waals surface area contributed by atoms with Crippen molar-refractivity contribution in [2.24, 2.45) is 0 Å². The standard InChI is InChI=1S/C22H24ClFN2O3/c1-16(28)12-21-22(14-27)26(15-29-20-8-4-18(23)5-9-20)11-10-25(21)13-17-2-6-19(24)7-3-17/h2-9,16,21,28H,10-13,15H2,1H3. The molecule has 0 aromatic heterocycles. The molecule has 154 valence electrons. The predicted molar refractivity (Wildman–Crippen MR) is 110 cm³/mol. The zero-order chi connectivity index (χ0) is 20.8. The summed E-state index contributed by atoms with van der Waals surface area (Å²) in [5.74, 6) is 2.43. The fraction of sp³-hybridized carbons (Fsp3) is 0.364. The van der Waals surface area contributed by atoms with Gasteiger partial charge in [-0.05, 0) is 55.3 Å². The van der Waals surface area contributed by atoms with Gasteiger partial charge in [-0.25, -0.2) is 9.18 Å². The summed E-state index contributed by atoms with van der Waals surface area (Å²) in [6.07, 6.45) is -0.195. The van der Waals surface area contributed by atoms with Gasteiger partial charge < -0.3 is 14.7 Å². The quantitative estimate of drug-likeness (QED) is 0.697. The monoisotopic (exact) mass is 418 g/mol. The van der Waals surface area contributed by atoms with Crippen LogP contribution in [0.5, 0.6) is 5.75 Å². The lowest BCUT2D eigenvalue weighted by molar-refractivity contribution is 0.0448. The van der Waals surface area contributed by atoms with Crippen LogP contribution in [0.15, 0.2) is 54.2 Å². The molecule has 2 aromatic rings. The van der Waals surface area contributed by atoms with Gasteiger partial charge >= 0.3 is 0 Å². The molecule has 1 N–H and O–H groups in total. The molecule has 2 aromatic carbocycles. The molecule has 1 aliphatic rings. The molecule has 1 aliphatic heterocycles. The second-order valence-corrected chi connectivity index (χ2v) is 7.61. The maximum atomic E-state index is 13.2. The summed E-state index contributed by atoms with van der Waals surface area (Å²) in [5.41, 5.74) is 1.39. The van der Waals surface area contributed by atoms with E-state index in [-0.39, 0.29) is 18.6 Å². The highest BCUT2D eigenvalue weighted by atomic mass is 35.5. The van der Waals surface area contributed by atoms with Crippen molar-refractivity contribution >= 4 is 17.5 Å². The van der Waals surface area contributed by atoms with Crippen LogP contribution in [0, 0.1) is 5.82 Å². The van der Waals surface area contributed by atoms with E-state index >= 15 is 0 Å². The SMILES string of the molecule is CC(O)CC1C(=C=O)N(COc2ccc(Cl)cc2)CCN1Cc1ccc(F)cc1. The zero-order valence-electron chi connectivity index (χ0n) is 16.2. The van der Waals surface area contributed by atoms with Crippen molar-refractivity contribution < 1.29 is 19.0 Å². The largest absolute Gasteiger partial charge is 0.473 e. The van der Waals surface area contributed by atoms with Gasteiger partial charge in [0.05, 0.1) is 12.1 Å². The summed E-state index contributed by atoms with van der Waals surface area (Å²) in [5, 5.41) is 10.6. The molecule has 2 atom stereocenters. The fourth-order valence-electron chi connectivity index (χ4n) is 3.46. The molecule has 1 saturated heterocycles. The van der Waals surface area contributed by atoms with Gasteiger partial charge in [-0.1, -0.05) is 23.7 Å². The van der Waals surface area contributed by atoms with Gasteiger partial charge in [0.25, 0.3) is 0 Å². The maximum absolute atomic E-state index is 13.2. The van der Waals surface area contributed by atoms with Gasteiger partial charge in [0.15, 0.2) is 6.73 Å². The number of halogens is 2. The molecule has 29 heavy (non-hydrogen) atoms. The average Bonchev–Trinajstić information content (AvgIpc) is 2.70. The third-order valence-electron chi connectivity index (χ3n) is 4.92. The Morgan fingerprint density at radius 1 is 1.21 bits per heavy atom. The van der Waals surface area contributed by atoms with Crippen LogP contribution >= 0.6 is 11.6 Å². The molecule has 0 amide bonds. The Balaban J connectivity index is 1.72. The number of hydrogen-bond acceptors (Lipinski definition) is 5. The topological polar surface area (TPSA) is 53.0 Å². The van der Waals surface area contributed by atoms with Gasteiger partial charge in [-0.15, -0.1) is 0 Å². The number of aliphatic hydroxyl groups is 1. The second-order valence-electron chi connectivity index (χ2n) is 7.18. The van der Waals surface area contributed by atoms with Crippen LogP contribution in [0.25, 0.3) is 0 Å². The first-order valence-corrected chi connectivity index (χ1v) is 9.89. The second kappa shape index (κ2) is 9.90. The van der Waals surface area contributed by atoms with Crippen molar-refractivity contribution in [2.45, 2.75) is 32.0 Å². The number of piperazine rings is 1. The summed E-state index contributed by atoms with van der Waals surface area (Å²) in [6.45, 7) is 3.70. The van der Waals surface area contributed by atoms with E-state index in [4.69, 9.17) is 16.3 Å². The molecule has 5 nitrogen and oxygen atoms in total. The highest BCUT2D eigenvalue weighted by molar-refractivity contribution is 6.30. The van der Waals surface area contributed by atoms with Crippen molar-refractivity contribution in [1.29, 1.82) is 0 Å². The van der Waals surface area contributed by atoms with Crippen LogP contribution < -0.4 is 4.74 Å². The van der Waals surface area contributed by atoms with Crippen molar-refractivity contribution in [3.8, 4) is 5.75 Å². The Kier molecular flexibility index (Phi) is 7.29. The van der Waals surface area contributed by atoms with E-state index in [1.807, 2.05) is 4.90 Å². The van der Waals surface area contributed by atoms with Crippen LogP contribution in [0.3, 0.4) is 0 Å². The van der Waals surface area contributed by atoms with Crippen LogP contribution in [-0.4, -0.2) is 52.8 Å². The molecule has 0 saturated carbocycles. The first-order chi connectivity index (χ1) is 14.0. The highest BCUT2D eigenvalue weighted by Crippen LogP contribution is 2.26. The molecule has 0 spiro atoms. The third-order valence-corrected chi connectivity index (χ3v) is 5.17. The smallest absolute Gasteiger partial charge is 0.161 e. The van der Waals surface area contributed by atoms with Crippen molar-refractivity contribution in [3.63, 3.8) is 0 Å². The fourth-order valence-corrected chi connectivity index (χ4v) is 3.58. The number of carbonyl (C=O) groups excluding carboxylic acids is 1. The molecule has 1 fully saturated rings. The van der Waals surface area contributed by atoms with Crippen molar-refractivity contribution in [3.05, 3.63) is 70.6 Å².